The molecule has 2 aromatic heterocycles. The predicted molar refractivity (Wildman–Crippen MR) is 133 cm³/mol. The van der Waals surface area contributed by atoms with Crippen LogP contribution < -0.4 is 5.32 Å². The van der Waals surface area contributed by atoms with Crippen LogP contribution >= 0.6 is 23.8 Å². The minimum Gasteiger partial charge on any atom is -0.352 e. The van der Waals surface area contributed by atoms with Crippen molar-refractivity contribution < 1.29 is 0 Å². The van der Waals surface area contributed by atoms with Gasteiger partial charge in [-0.1, -0.05) is 48.0 Å². The lowest BCUT2D eigenvalue weighted by Gasteiger charge is -2.29. The number of aromatic nitrogens is 2. The maximum Gasteiger partial charge on any atom is 0.170 e. The van der Waals surface area contributed by atoms with E-state index in [4.69, 9.17) is 23.8 Å². The molecule has 0 amide bonds. The molecule has 4 nitrogen and oxygen atoms in total. The van der Waals surface area contributed by atoms with Crippen molar-refractivity contribution in [1.82, 2.24) is 19.8 Å². The molecule has 0 unspecified atom stereocenters. The van der Waals surface area contributed by atoms with Gasteiger partial charge in [0.2, 0.25) is 0 Å². The first-order valence-corrected chi connectivity index (χ1v) is 11.4. The summed E-state index contributed by atoms with van der Waals surface area (Å²) in [6.45, 7) is 2.74. The smallest absolute Gasteiger partial charge is 0.170 e. The Kier molecular flexibility index (Phi) is 5.68. The van der Waals surface area contributed by atoms with E-state index in [1.165, 1.54) is 5.56 Å². The van der Waals surface area contributed by atoms with Crippen molar-refractivity contribution in [3.05, 3.63) is 119 Å². The summed E-state index contributed by atoms with van der Waals surface area (Å²) in [7, 11) is 0. The number of thiocarbonyl (C=S) groups is 1. The lowest BCUT2D eigenvalue weighted by molar-refractivity contribution is 0.302. The van der Waals surface area contributed by atoms with Gasteiger partial charge in [-0.3, -0.25) is 4.98 Å². The second-order valence-electron chi connectivity index (χ2n) is 7.98. The van der Waals surface area contributed by atoms with E-state index in [1.807, 2.05) is 37.4 Å². The molecule has 0 aliphatic carbocycles. The maximum atomic E-state index is 6.29. The van der Waals surface area contributed by atoms with E-state index in [0.29, 0.717) is 6.54 Å². The Morgan fingerprint density at radius 1 is 1.00 bits per heavy atom. The number of hydrogen-bond acceptors (Lipinski definition) is 2. The molecule has 1 N–H and O–H groups in total. The molecule has 1 fully saturated rings. The summed E-state index contributed by atoms with van der Waals surface area (Å²) in [4.78, 5) is 6.91. The molecule has 0 radical (unpaired) electrons. The molecule has 5 rings (SSSR count). The average Bonchev–Trinajstić information content (AvgIpc) is 3.42. The number of halogens is 1. The fraction of sp³-hybridized carbons (Fsp3) is 0.154. The highest BCUT2D eigenvalue weighted by Gasteiger charge is 2.41. The van der Waals surface area contributed by atoms with Crippen molar-refractivity contribution in [2.24, 2.45) is 0 Å². The highest BCUT2D eigenvalue weighted by Crippen LogP contribution is 2.40. The van der Waals surface area contributed by atoms with Gasteiger partial charge in [0.05, 0.1) is 17.8 Å². The van der Waals surface area contributed by atoms with Gasteiger partial charge in [0.25, 0.3) is 0 Å². The lowest BCUT2D eigenvalue weighted by atomic mass is 10.0. The largest absolute Gasteiger partial charge is 0.352 e. The van der Waals surface area contributed by atoms with Crippen LogP contribution in [0.2, 0.25) is 5.02 Å². The van der Waals surface area contributed by atoms with Crippen LogP contribution in [0.15, 0.2) is 91.3 Å². The first kappa shape index (κ1) is 20.7. The van der Waals surface area contributed by atoms with Crippen molar-refractivity contribution in [1.29, 1.82) is 0 Å². The third kappa shape index (κ3) is 3.90. The van der Waals surface area contributed by atoms with Gasteiger partial charge >= 0.3 is 0 Å². The Hall–Kier alpha value is -3.15. The fourth-order valence-corrected chi connectivity index (χ4v) is 4.75. The Morgan fingerprint density at radius 3 is 2.56 bits per heavy atom. The summed E-state index contributed by atoms with van der Waals surface area (Å²) >= 11 is 12.1. The molecule has 160 valence electrons. The van der Waals surface area contributed by atoms with E-state index in [2.05, 4.69) is 80.6 Å². The van der Waals surface area contributed by atoms with Gasteiger partial charge in [0.15, 0.2) is 5.11 Å². The molecule has 0 bridgehead atoms. The Bertz CT molecular complexity index is 1240. The summed E-state index contributed by atoms with van der Waals surface area (Å²) in [5.41, 5.74) is 5.44. The summed E-state index contributed by atoms with van der Waals surface area (Å²) < 4.78 is 2.22. The quantitative estimate of drug-likeness (QED) is 0.371. The Morgan fingerprint density at radius 2 is 1.81 bits per heavy atom. The Labute approximate surface area is 198 Å². The molecule has 1 aliphatic heterocycles. The third-order valence-electron chi connectivity index (χ3n) is 5.90. The van der Waals surface area contributed by atoms with Crippen molar-refractivity contribution in [3.8, 4) is 5.69 Å². The van der Waals surface area contributed by atoms with Gasteiger partial charge in [0, 0.05) is 35.3 Å². The van der Waals surface area contributed by atoms with E-state index in [1.54, 1.807) is 0 Å². The number of benzene rings is 2. The standard InChI is InChI=1S/C26H23ClN4S/c1-18-16-20(12-13-21(18)27)30-15-7-11-23(30)25-24(22-10-5-6-14-28-22)29-26(32)31(25)17-19-8-3-2-4-9-19/h2-16,24-25H,17H2,1H3,(H,29,32)/t24-,25+/m1/s1. The normalized spacial score (nSPS) is 18.1. The molecule has 0 spiro atoms. The van der Waals surface area contributed by atoms with Crippen LogP contribution in [0, 0.1) is 6.92 Å². The van der Waals surface area contributed by atoms with E-state index < -0.39 is 0 Å². The summed E-state index contributed by atoms with van der Waals surface area (Å²) in [5.74, 6) is 0. The SMILES string of the molecule is Cc1cc(-n2cccc2[C@H]2[C@@H](c3ccccn3)NC(=S)N2Cc2ccccc2)ccc1Cl. The molecule has 1 saturated heterocycles. The molecule has 1 aliphatic rings. The number of pyridine rings is 1. The molecule has 2 atom stereocenters. The third-order valence-corrected chi connectivity index (χ3v) is 6.67. The monoisotopic (exact) mass is 458 g/mol. The van der Waals surface area contributed by atoms with Crippen molar-refractivity contribution in [2.75, 3.05) is 0 Å². The van der Waals surface area contributed by atoms with Crippen LogP contribution in [0.5, 0.6) is 0 Å². The van der Waals surface area contributed by atoms with Crippen LogP contribution in [0.3, 0.4) is 0 Å². The summed E-state index contributed by atoms with van der Waals surface area (Å²) in [6, 6.07) is 26.7. The lowest BCUT2D eigenvalue weighted by Crippen LogP contribution is -2.30. The minimum absolute atomic E-state index is 0.0245. The minimum atomic E-state index is -0.0607. The van der Waals surface area contributed by atoms with Crippen molar-refractivity contribution >= 4 is 28.9 Å². The second-order valence-corrected chi connectivity index (χ2v) is 8.77. The molecule has 4 aromatic rings. The van der Waals surface area contributed by atoms with Gasteiger partial charge in [-0.15, -0.1) is 0 Å². The van der Waals surface area contributed by atoms with Crippen LogP contribution in [0.4, 0.5) is 0 Å². The summed E-state index contributed by atoms with van der Waals surface area (Å²) in [6.07, 6.45) is 3.92. The number of aryl methyl sites for hydroxylation is 1. The number of hydrogen-bond donors (Lipinski definition) is 1. The second kappa shape index (κ2) is 8.77. The van der Waals surface area contributed by atoms with Gasteiger partial charge < -0.3 is 14.8 Å². The highest BCUT2D eigenvalue weighted by molar-refractivity contribution is 7.80. The van der Waals surface area contributed by atoms with Gasteiger partial charge in [-0.05, 0) is 72.7 Å². The fourth-order valence-electron chi connectivity index (χ4n) is 4.33. The number of nitrogens with zero attached hydrogens (tertiary/aromatic N) is 3. The molecule has 3 heterocycles. The molecule has 2 aromatic carbocycles. The van der Waals surface area contributed by atoms with Crippen LogP contribution in [0.25, 0.3) is 5.69 Å². The van der Waals surface area contributed by atoms with E-state index >= 15 is 0 Å². The highest BCUT2D eigenvalue weighted by atomic mass is 35.5. The van der Waals surface area contributed by atoms with Gasteiger partial charge in [-0.2, -0.15) is 0 Å². The van der Waals surface area contributed by atoms with Gasteiger partial charge in [-0.25, -0.2) is 0 Å². The van der Waals surface area contributed by atoms with Gasteiger partial charge in [0.1, 0.15) is 0 Å². The molecular weight excluding hydrogens is 436 g/mol. The van der Waals surface area contributed by atoms with E-state index in [-0.39, 0.29) is 12.1 Å². The van der Waals surface area contributed by atoms with E-state index in [0.717, 1.165) is 32.8 Å². The van der Waals surface area contributed by atoms with Crippen LogP contribution in [0.1, 0.15) is 34.6 Å². The zero-order chi connectivity index (χ0) is 22.1. The van der Waals surface area contributed by atoms with E-state index in [9.17, 15) is 0 Å². The molecule has 0 saturated carbocycles. The maximum absolute atomic E-state index is 6.29. The molecule has 6 heteroatoms. The Balaban J connectivity index is 1.61. The average molecular weight is 459 g/mol. The zero-order valence-corrected chi connectivity index (χ0v) is 19.2. The molecular formula is C26H23ClN4S. The first-order valence-electron chi connectivity index (χ1n) is 10.6. The van der Waals surface area contributed by atoms with Crippen molar-refractivity contribution in [2.45, 2.75) is 25.6 Å². The zero-order valence-electron chi connectivity index (χ0n) is 17.6. The van der Waals surface area contributed by atoms with Crippen LogP contribution in [-0.4, -0.2) is 19.6 Å². The summed E-state index contributed by atoms with van der Waals surface area (Å²) in [5, 5.41) is 5.04. The van der Waals surface area contributed by atoms with Crippen LogP contribution in [-0.2, 0) is 6.54 Å². The predicted octanol–water partition coefficient (Wildman–Crippen LogP) is 6.01. The first-order chi connectivity index (χ1) is 15.6. The topological polar surface area (TPSA) is 33.1 Å². The molecule has 32 heavy (non-hydrogen) atoms. The number of nitrogens with one attached hydrogen (secondary N) is 1. The van der Waals surface area contributed by atoms with Crippen molar-refractivity contribution in [3.63, 3.8) is 0 Å². The number of rotatable bonds is 5.